The van der Waals surface area contributed by atoms with Crippen LogP contribution in [0.1, 0.15) is 112 Å². The molecule has 16 heterocycles. The molecule has 32 heteroatoms. The second kappa shape index (κ2) is 34.5. The van der Waals surface area contributed by atoms with E-state index in [1.54, 1.807) is 93.4 Å². The smallest absolute Gasteiger partial charge is 0.263 e. The minimum absolute atomic E-state index is 0.0476. The van der Waals surface area contributed by atoms with Crippen molar-refractivity contribution in [1.82, 2.24) is 118 Å². The lowest BCUT2D eigenvalue weighted by Crippen LogP contribution is -2.26. The van der Waals surface area contributed by atoms with Crippen molar-refractivity contribution in [2.45, 2.75) is 89.6 Å². The molecule has 0 radical (unpaired) electrons. The number of aromatic nitrogens is 24. The van der Waals surface area contributed by atoms with E-state index in [0.717, 1.165) is 181 Å². The Bertz CT molecular complexity index is 8320. The van der Waals surface area contributed by atoms with E-state index in [4.69, 9.17) is 0 Å². The van der Waals surface area contributed by atoms with Gasteiger partial charge in [0.1, 0.15) is 22.1 Å². The average Bonchev–Trinajstić information content (AvgIpc) is 1.31. The van der Waals surface area contributed by atoms with Gasteiger partial charge >= 0.3 is 0 Å². The van der Waals surface area contributed by atoms with Gasteiger partial charge < -0.3 is 50.3 Å². The van der Waals surface area contributed by atoms with Crippen LogP contribution in [0.4, 0.5) is 23.3 Å². The number of pyridine rings is 8. The fourth-order valence-corrected chi connectivity index (χ4v) is 17.9. The van der Waals surface area contributed by atoms with Crippen molar-refractivity contribution < 1.29 is 0 Å². The number of benzene rings is 6. The van der Waals surface area contributed by atoms with Crippen LogP contribution < -0.4 is 43.5 Å². The van der Waals surface area contributed by atoms with Gasteiger partial charge in [0.15, 0.2) is 23.3 Å². The van der Waals surface area contributed by atoms with Crippen molar-refractivity contribution in [2.75, 3.05) is 21.3 Å². The van der Waals surface area contributed by atoms with Crippen LogP contribution in [0.5, 0.6) is 0 Å². The van der Waals surface area contributed by atoms with Gasteiger partial charge in [-0.1, -0.05) is 109 Å². The van der Waals surface area contributed by atoms with E-state index in [0.29, 0.717) is 34.0 Å². The highest BCUT2D eigenvalue weighted by Crippen LogP contribution is 2.42. The Kier molecular flexibility index (Phi) is 21.3. The minimum Gasteiger partial charge on any atom is -0.360 e. The summed E-state index contributed by atoms with van der Waals surface area (Å²) in [5.41, 5.74) is 19.0. The predicted molar refractivity (Wildman–Crippen MR) is 515 cm³/mol. The summed E-state index contributed by atoms with van der Waals surface area (Å²) in [7, 11) is 3.76. The minimum atomic E-state index is -0.232. The lowest BCUT2D eigenvalue weighted by molar-refractivity contribution is 0.636. The van der Waals surface area contributed by atoms with Gasteiger partial charge in [-0.3, -0.25) is 47.9 Å². The van der Waals surface area contributed by atoms with Crippen molar-refractivity contribution in [3.63, 3.8) is 0 Å². The number of hydrogen-bond donors (Lipinski definition) is 10. The number of nitrogens with one attached hydrogen (secondary N) is 10. The zero-order chi connectivity index (χ0) is 89.8. The zero-order valence-corrected chi connectivity index (χ0v) is 72.5. The summed E-state index contributed by atoms with van der Waals surface area (Å²) in [5, 5.41) is 42.7. The second-order valence-electron chi connectivity index (χ2n) is 33.2. The van der Waals surface area contributed by atoms with Crippen LogP contribution in [0.2, 0.25) is 0 Å². The van der Waals surface area contributed by atoms with E-state index < -0.39 is 0 Å². The molecule has 2 saturated carbocycles. The molecule has 0 saturated heterocycles. The first-order chi connectivity index (χ1) is 64.6. The van der Waals surface area contributed by atoms with Crippen molar-refractivity contribution in [2.24, 2.45) is 14.1 Å². The molecule has 2 fully saturated rings. The number of imidazole rings is 4. The van der Waals surface area contributed by atoms with E-state index in [1.165, 1.54) is 0 Å². The van der Waals surface area contributed by atoms with Gasteiger partial charge in [-0.05, 0) is 170 Å². The van der Waals surface area contributed by atoms with Gasteiger partial charge in [-0.2, -0.15) is 20.4 Å². The zero-order valence-electron chi connectivity index (χ0n) is 72.5. The largest absolute Gasteiger partial charge is 0.360 e. The fraction of sp³-hybridized carbons (Fsp3) is 0.160. The van der Waals surface area contributed by atoms with E-state index >= 15 is 0 Å². The molecule has 0 aliphatic heterocycles. The highest BCUT2D eigenvalue weighted by Gasteiger charge is 2.33. The van der Waals surface area contributed by atoms with Crippen molar-refractivity contribution in [1.29, 1.82) is 0 Å². The number of fused-ring (bicyclic) bond motifs is 8. The topological polar surface area (TPSA) is 395 Å². The summed E-state index contributed by atoms with van der Waals surface area (Å²) < 4.78 is 11.0. The molecule has 2 aliphatic carbocycles. The number of H-pyrrole nitrogens is 6. The van der Waals surface area contributed by atoms with Crippen molar-refractivity contribution >= 4 is 110 Å². The third-order valence-electron chi connectivity index (χ3n) is 24.4. The van der Waals surface area contributed by atoms with Gasteiger partial charge in [0.05, 0.1) is 118 Å². The fourth-order valence-electron chi connectivity index (χ4n) is 17.9. The standard InChI is InChI=1S/C27H23N7O.C26H21N7O.C24H23N7O.C23H21N7O/c1-17(32-26-25-22(11-12-28-26)29-16-30-25)23-13-18-7-6-10-21(19-14-31-33(2)15-19)24(18)27(35)34(23)20-8-4-3-5-9-20;1-16(32-25-24-21(10-11-27-25)28-15-29-24)22-12-17-6-5-9-20(18-13-30-31-14-18)23(17)26(34)33(22)19-7-3-2-4-8-19;1-14(29-23-22-19(8-9-25-23)26-13-27-22)20-10-15-4-3-5-18(16-11-28-30(2)12-16)21(15)24(32)31(20)17-6-7-17;1-13(29-22-21-18(7-8-24-22)25-12-26-21)19-9-14-3-2-4-17(15-10-27-28-11-15)20(14)23(31)30(19)16-5-6-16/h3-17H,1-2H3,(H,28,32)(H,29,30);2-16H,1H3,(H,27,32)(H,28,29)(H,30,31);3-5,8-14,17H,6-7H2,1-2H3,(H,25,29)(H,26,27);2-4,7-13,16H,5-6H2,1H3,(H,24,29)(H,25,26)(H,27,28)/t17-;16-;14-;13-/m1111/s1. The van der Waals surface area contributed by atoms with Crippen LogP contribution in [-0.4, -0.2) is 118 Å². The maximum absolute atomic E-state index is 14.2. The van der Waals surface area contributed by atoms with Gasteiger partial charge in [-0.25, -0.2) is 39.9 Å². The maximum atomic E-state index is 14.2. The molecule has 10 N–H and O–H groups in total. The average molecular weight is 1750 g/mol. The second-order valence-corrected chi connectivity index (χ2v) is 33.2. The number of aromatic amines is 6. The predicted octanol–water partition coefficient (Wildman–Crippen LogP) is 18.0. The Hall–Kier alpha value is -17.3. The molecule has 22 aromatic rings. The summed E-state index contributed by atoms with van der Waals surface area (Å²) >= 11 is 0. The number of hydrogen-bond acceptors (Lipinski definition) is 20. The molecule has 24 rings (SSSR count). The summed E-state index contributed by atoms with van der Waals surface area (Å²) in [5.74, 6) is 2.72. The first kappa shape index (κ1) is 81.7. The van der Waals surface area contributed by atoms with E-state index in [2.05, 4.69) is 150 Å². The van der Waals surface area contributed by atoms with E-state index in [-0.39, 0.29) is 58.5 Å². The van der Waals surface area contributed by atoms with Gasteiger partial charge in [0, 0.05) is 132 Å². The van der Waals surface area contributed by atoms with Crippen molar-refractivity contribution in [3.8, 4) is 55.9 Å². The Morgan fingerprint density at radius 2 is 0.636 bits per heavy atom. The monoisotopic (exact) mass is 1740 g/mol. The molecule has 2 aliphatic rings. The van der Waals surface area contributed by atoms with Crippen LogP contribution in [0, 0.1) is 0 Å². The summed E-state index contributed by atoms with van der Waals surface area (Å²) in [6, 6.07) is 58.9. The highest BCUT2D eigenvalue weighted by atomic mass is 16.1. The van der Waals surface area contributed by atoms with Crippen LogP contribution in [0.25, 0.3) is 143 Å². The molecule has 132 heavy (non-hydrogen) atoms. The third kappa shape index (κ3) is 15.5. The Labute approximate surface area is 751 Å². The Balaban J connectivity index is 0.000000106. The van der Waals surface area contributed by atoms with Gasteiger partial charge in [-0.15, -0.1) is 0 Å². The number of anilines is 4. The SMILES string of the molecule is C[C@@H](Nc1nccc2[nH]cnc12)c1cc2cccc(-c3cn[nH]c3)c2c(=O)n1-c1ccccc1.C[C@@H](Nc1nccc2[nH]cnc12)c1cc2cccc(-c3cn[nH]c3)c2c(=O)n1C1CC1.C[C@@H](Nc1nccc2[nH]cnc12)c1cc2cccc(-c3cnn(C)c3)c2c(=O)n1-c1ccccc1.C[C@@H](Nc1nccc2[nH]cnc12)c1cc2cccc(-c3cnn(C)c3)c2c(=O)n1C1CC1. The molecular formula is C100H88N28O4. The normalized spacial score (nSPS) is 13.5. The first-order valence-corrected chi connectivity index (χ1v) is 43.6. The third-order valence-corrected chi connectivity index (χ3v) is 24.4. The van der Waals surface area contributed by atoms with Crippen LogP contribution in [-0.2, 0) is 14.1 Å². The summed E-state index contributed by atoms with van der Waals surface area (Å²) in [6.07, 6.45) is 32.3. The lowest BCUT2D eigenvalue weighted by atomic mass is 9.99. The molecule has 0 amide bonds. The van der Waals surface area contributed by atoms with Crippen molar-refractivity contribution in [3.05, 3.63) is 346 Å². The first-order valence-electron chi connectivity index (χ1n) is 43.6. The maximum Gasteiger partial charge on any atom is 0.263 e. The Morgan fingerprint density at radius 1 is 0.333 bits per heavy atom. The quantitative estimate of drug-likeness (QED) is 0.0339. The van der Waals surface area contributed by atoms with Gasteiger partial charge in [0.2, 0.25) is 0 Å². The molecule has 16 aromatic heterocycles. The van der Waals surface area contributed by atoms with Crippen LogP contribution >= 0.6 is 0 Å². The number of aryl methyl sites for hydroxylation is 2. The molecule has 0 unspecified atom stereocenters. The molecule has 6 aromatic carbocycles. The molecule has 32 nitrogen and oxygen atoms in total. The molecule has 0 spiro atoms. The van der Waals surface area contributed by atoms with Crippen LogP contribution in [0.15, 0.2) is 301 Å². The molecule has 0 bridgehead atoms. The molecule has 4 atom stereocenters. The summed E-state index contributed by atoms with van der Waals surface area (Å²) in [4.78, 5) is 104. The van der Waals surface area contributed by atoms with E-state index in [9.17, 15) is 19.2 Å². The molecule has 652 valence electrons. The number of nitrogens with zero attached hydrogens (tertiary/aromatic N) is 18. The lowest BCUT2D eigenvalue weighted by Gasteiger charge is -2.22. The van der Waals surface area contributed by atoms with Crippen LogP contribution in [0.3, 0.4) is 0 Å². The summed E-state index contributed by atoms with van der Waals surface area (Å²) in [6.45, 7) is 8.18. The number of rotatable bonds is 20. The Morgan fingerprint density at radius 3 is 0.932 bits per heavy atom. The number of para-hydroxylation sites is 2. The van der Waals surface area contributed by atoms with Gasteiger partial charge in [0.25, 0.3) is 22.2 Å². The van der Waals surface area contributed by atoms with E-state index in [1.807, 2.05) is 220 Å². The highest BCUT2D eigenvalue weighted by molar-refractivity contribution is 6.00. The molecular weight excluding hydrogens is 1660 g/mol.